The first-order valence-corrected chi connectivity index (χ1v) is 8.32. The molecule has 1 aliphatic rings. The molecule has 2 aromatic rings. The molecule has 1 atom stereocenters. The third-order valence-electron chi connectivity index (χ3n) is 4.55. The van der Waals surface area contributed by atoms with Crippen molar-refractivity contribution in [2.75, 3.05) is 13.1 Å². The zero-order chi connectivity index (χ0) is 17.1. The van der Waals surface area contributed by atoms with Gasteiger partial charge in [-0.15, -0.1) is 0 Å². The maximum absolute atomic E-state index is 12.5. The Morgan fingerprint density at radius 1 is 1.42 bits per heavy atom. The van der Waals surface area contributed by atoms with Crippen molar-refractivity contribution in [1.29, 1.82) is 0 Å². The number of aromatic nitrogens is 2. The lowest BCUT2D eigenvalue weighted by molar-refractivity contribution is -0.132. The molecule has 0 spiro atoms. The maximum Gasteiger partial charge on any atom is 0.337 e. The fourth-order valence-electron chi connectivity index (χ4n) is 3.24. The molecule has 0 aromatic carbocycles. The van der Waals surface area contributed by atoms with Crippen molar-refractivity contribution < 1.29 is 14.7 Å². The number of nitrogens with zero attached hydrogens (tertiary/aromatic N) is 2. The van der Waals surface area contributed by atoms with Gasteiger partial charge in [-0.2, -0.15) is 0 Å². The Morgan fingerprint density at radius 2 is 2.17 bits per heavy atom. The second kappa shape index (κ2) is 7.00. The number of nitrogens with one attached hydrogen (secondary N) is 2. The van der Waals surface area contributed by atoms with Gasteiger partial charge in [-0.05, 0) is 30.9 Å². The number of aromatic amines is 1. The minimum atomic E-state index is -0.990. The molecule has 1 amide bonds. The highest BCUT2D eigenvalue weighted by Crippen LogP contribution is 2.21. The number of H-pyrrole nitrogens is 1. The molecular weight excluding hydrogens is 308 g/mol. The number of fused-ring (bicyclic) bond motifs is 1. The SMILES string of the molecule is CC[C@H](NCc1ccnc2[nH]cc(C(=O)O)c12)C(=O)N1CCCC1. The molecule has 3 N–H and O–H groups in total. The molecule has 1 fully saturated rings. The fourth-order valence-corrected chi connectivity index (χ4v) is 3.24. The van der Waals surface area contributed by atoms with Gasteiger partial charge in [0.05, 0.1) is 11.6 Å². The third kappa shape index (κ3) is 3.12. The first-order chi connectivity index (χ1) is 11.6. The highest BCUT2D eigenvalue weighted by atomic mass is 16.4. The van der Waals surface area contributed by atoms with Crippen molar-refractivity contribution in [3.05, 3.63) is 29.6 Å². The van der Waals surface area contributed by atoms with Crippen LogP contribution in [-0.2, 0) is 11.3 Å². The molecule has 24 heavy (non-hydrogen) atoms. The Labute approximate surface area is 140 Å². The number of likely N-dealkylation sites (tertiary alicyclic amines) is 1. The van der Waals surface area contributed by atoms with Gasteiger partial charge in [0, 0.05) is 37.4 Å². The van der Waals surface area contributed by atoms with Gasteiger partial charge in [-0.1, -0.05) is 6.92 Å². The van der Waals surface area contributed by atoms with E-state index >= 15 is 0 Å². The number of hydrogen-bond donors (Lipinski definition) is 3. The molecule has 0 bridgehead atoms. The number of rotatable bonds is 6. The van der Waals surface area contributed by atoms with Crippen molar-refractivity contribution in [1.82, 2.24) is 20.2 Å². The zero-order valence-corrected chi connectivity index (χ0v) is 13.7. The quantitative estimate of drug-likeness (QED) is 0.749. The van der Waals surface area contributed by atoms with Gasteiger partial charge in [0.2, 0.25) is 5.91 Å². The lowest BCUT2D eigenvalue weighted by atomic mass is 10.1. The van der Waals surface area contributed by atoms with Gasteiger partial charge in [0.15, 0.2) is 0 Å². The van der Waals surface area contributed by atoms with Crippen molar-refractivity contribution in [3.8, 4) is 0 Å². The molecule has 0 radical (unpaired) electrons. The minimum Gasteiger partial charge on any atom is -0.478 e. The summed E-state index contributed by atoms with van der Waals surface area (Å²) < 4.78 is 0. The van der Waals surface area contributed by atoms with Crippen molar-refractivity contribution in [2.24, 2.45) is 0 Å². The molecule has 1 aliphatic heterocycles. The van der Waals surface area contributed by atoms with E-state index in [-0.39, 0.29) is 17.5 Å². The molecule has 3 rings (SSSR count). The number of carboxylic acid groups (broad SMARTS) is 1. The first kappa shape index (κ1) is 16.4. The summed E-state index contributed by atoms with van der Waals surface area (Å²) in [5.41, 5.74) is 1.57. The van der Waals surface area contributed by atoms with Crippen LogP contribution in [0.3, 0.4) is 0 Å². The number of hydrogen-bond acceptors (Lipinski definition) is 4. The van der Waals surface area contributed by atoms with Gasteiger partial charge >= 0.3 is 5.97 Å². The van der Waals surface area contributed by atoms with E-state index in [1.807, 2.05) is 11.8 Å². The summed E-state index contributed by atoms with van der Waals surface area (Å²) in [7, 11) is 0. The zero-order valence-electron chi connectivity index (χ0n) is 13.7. The van der Waals surface area contributed by atoms with Crippen LogP contribution >= 0.6 is 0 Å². The van der Waals surface area contributed by atoms with Crippen molar-refractivity contribution in [3.63, 3.8) is 0 Å². The molecule has 3 heterocycles. The average molecular weight is 330 g/mol. The van der Waals surface area contributed by atoms with Gasteiger partial charge in [0.25, 0.3) is 0 Å². The van der Waals surface area contributed by atoms with E-state index in [1.165, 1.54) is 6.20 Å². The number of carboxylic acids is 1. The Bertz CT molecular complexity index is 749. The van der Waals surface area contributed by atoms with Gasteiger partial charge in [-0.3, -0.25) is 4.79 Å². The Morgan fingerprint density at radius 3 is 2.83 bits per heavy atom. The van der Waals surface area contributed by atoms with Crippen molar-refractivity contribution >= 4 is 22.9 Å². The van der Waals surface area contributed by atoms with Crippen LogP contribution in [0, 0.1) is 0 Å². The van der Waals surface area contributed by atoms with E-state index in [4.69, 9.17) is 0 Å². The van der Waals surface area contributed by atoms with Crippen LogP contribution in [0.4, 0.5) is 0 Å². The molecule has 0 unspecified atom stereocenters. The monoisotopic (exact) mass is 330 g/mol. The number of carbonyl (C=O) groups excluding carboxylic acids is 1. The molecule has 7 nitrogen and oxygen atoms in total. The van der Waals surface area contributed by atoms with Gasteiger partial charge in [-0.25, -0.2) is 9.78 Å². The minimum absolute atomic E-state index is 0.132. The van der Waals surface area contributed by atoms with Crippen LogP contribution in [-0.4, -0.2) is 51.0 Å². The molecule has 0 aliphatic carbocycles. The van der Waals surface area contributed by atoms with Crippen LogP contribution in [0.25, 0.3) is 11.0 Å². The summed E-state index contributed by atoms with van der Waals surface area (Å²) in [6.45, 7) is 4.07. The first-order valence-electron chi connectivity index (χ1n) is 8.32. The van der Waals surface area contributed by atoms with Crippen LogP contribution in [0.1, 0.15) is 42.1 Å². The summed E-state index contributed by atoms with van der Waals surface area (Å²) in [4.78, 5) is 32.9. The molecule has 2 aromatic heterocycles. The molecule has 1 saturated heterocycles. The predicted molar refractivity (Wildman–Crippen MR) is 89.8 cm³/mol. The van der Waals surface area contributed by atoms with E-state index in [9.17, 15) is 14.7 Å². The number of aromatic carboxylic acids is 1. The van der Waals surface area contributed by atoms with Gasteiger partial charge in [0.1, 0.15) is 5.65 Å². The van der Waals surface area contributed by atoms with E-state index < -0.39 is 5.97 Å². The Balaban J connectivity index is 1.78. The largest absolute Gasteiger partial charge is 0.478 e. The lowest BCUT2D eigenvalue weighted by Crippen LogP contribution is -2.44. The van der Waals surface area contributed by atoms with Gasteiger partial charge < -0.3 is 20.3 Å². The normalized spacial score (nSPS) is 15.8. The fraction of sp³-hybridized carbons (Fsp3) is 0.471. The van der Waals surface area contributed by atoms with Crippen LogP contribution in [0.15, 0.2) is 18.5 Å². The summed E-state index contributed by atoms with van der Waals surface area (Å²) >= 11 is 0. The van der Waals surface area contributed by atoms with E-state index in [2.05, 4.69) is 15.3 Å². The third-order valence-corrected chi connectivity index (χ3v) is 4.55. The topological polar surface area (TPSA) is 98.3 Å². The summed E-state index contributed by atoms with van der Waals surface area (Å²) in [6.07, 6.45) is 5.93. The number of carbonyl (C=O) groups is 2. The number of pyridine rings is 1. The molecule has 0 saturated carbocycles. The lowest BCUT2D eigenvalue weighted by Gasteiger charge is -2.23. The molecular formula is C17H22N4O3. The maximum atomic E-state index is 12.5. The van der Waals surface area contributed by atoms with Crippen LogP contribution < -0.4 is 5.32 Å². The van der Waals surface area contributed by atoms with Crippen LogP contribution in [0.5, 0.6) is 0 Å². The van der Waals surface area contributed by atoms with E-state index in [1.54, 1.807) is 12.3 Å². The second-order valence-electron chi connectivity index (χ2n) is 6.08. The standard InChI is InChI=1S/C17H22N4O3/c1-2-13(16(22)21-7-3-4-8-21)19-9-11-5-6-18-15-14(11)12(10-20-15)17(23)24/h5-6,10,13,19H,2-4,7-9H2,1H3,(H,18,20)(H,23,24)/t13-/m0/s1. The summed E-state index contributed by atoms with van der Waals surface area (Å²) in [6, 6.07) is 1.54. The Kier molecular flexibility index (Phi) is 4.80. The van der Waals surface area contributed by atoms with E-state index in [0.29, 0.717) is 24.0 Å². The smallest absolute Gasteiger partial charge is 0.337 e. The highest BCUT2D eigenvalue weighted by molar-refractivity contribution is 6.03. The highest BCUT2D eigenvalue weighted by Gasteiger charge is 2.25. The van der Waals surface area contributed by atoms with Crippen molar-refractivity contribution in [2.45, 2.75) is 38.8 Å². The predicted octanol–water partition coefficient (Wildman–Crippen LogP) is 1.75. The number of amides is 1. The second-order valence-corrected chi connectivity index (χ2v) is 6.08. The van der Waals surface area contributed by atoms with Crippen LogP contribution in [0.2, 0.25) is 0 Å². The summed E-state index contributed by atoms with van der Waals surface area (Å²) in [5.74, 6) is -0.858. The molecule has 7 heteroatoms. The Hall–Kier alpha value is -2.41. The molecule has 128 valence electrons. The van der Waals surface area contributed by atoms with E-state index in [0.717, 1.165) is 31.5 Å². The average Bonchev–Trinajstić information content (AvgIpc) is 3.25. The summed E-state index contributed by atoms with van der Waals surface area (Å²) in [5, 5.41) is 13.2.